The first kappa shape index (κ1) is 13.5. The van der Waals surface area contributed by atoms with Crippen molar-refractivity contribution in [2.24, 2.45) is 5.73 Å². The second-order valence-electron chi connectivity index (χ2n) is 3.62. The number of carbonyl (C=O) groups is 1. The van der Waals surface area contributed by atoms with E-state index in [0.717, 1.165) is 12.1 Å². The normalized spacial score (nSPS) is 10.5. The Labute approximate surface area is 96.8 Å². The van der Waals surface area contributed by atoms with Crippen LogP contribution in [0.25, 0.3) is 0 Å². The molecule has 1 aromatic carbocycles. The first-order chi connectivity index (χ1) is 8.00. The van der Waals surface area contributed by atoms with Gasteiger partial charge in [0.15, 0.2) is 17.5 Å². The van der Waals surface area contributed by atoms with Crippen LogP contribution in [-0.2, 0) is 11.3 Å². The fourth-order valence-corrected chi connectivity index (χ4v) is 1.33. The van der Waals surface area contributed by atoms with Gasteiger partial charge in [0.2, 0.25) is 5.91 Å². The summed E-state index contributed by atoms with van der Waals surface area (Å²) in [6, 6.07) is 1.86. The van der Waals surface area contributed by atoms with E-state index in [1.807, 2.05) is 0 Å². The topological polar surface area (TPSA) is 55.1 Å². The van der Waals surface area contributed by atoms with E-state index < -0.39 is 23.4 Å². The van der Waals surface area contributed by atoms with E-state index in [2.05, 4.69) is 5.32 Å². The molecule has 1 aromatic rings. The number of nitrogens with one attached hydrogen (secondary N) is 1. The third-order valence-electron chi connectivity index (χ3n) is 2.15. The van der Waals surface area contributed by atoms with Crippen LogP contribution in [-0.4, -0.2) is 12.5 Å². The maximum Gasteiger partial charge on any atom is 0.217 e. The van der Waals surface area contributed by atoms with Gasteiger partial charge in [0.1, 0.15) is 0 Å². The van der Waals surface area contributed by atoms with E-state index in [0.29, 0.717) is 18.5 Å². The highest BCUT2D eigenvalue weighted by Gasteiger charge is 2.09. The molecule has 3 N–H and O–H groups in total. The maximum atomic E-state index is 12.8. The molecule has 94 valence electrons. The summed E-state index contributed by atoms with van der Waals surface area (Å²) in [6.45, 7) is 0.691. The van der Waals surface area contributed by atoms with Crippen LogP contribution >= 0.6 is 0 Å². The van der Waals surface area contributed by atoms with Crippen LogP contribution in [0.4, 0.5) is 13.2 Å². The molecule has 0 atom stereocenters. The van der Waals surface area contributed by atoms with Gasteiger partial charge in [0.25, 0.3) is 0 Å². The standard InChI is InChI=1S/C11H13F3N2O/c12-8-4-7(5-9(13)11(8)14)6-16-3-1-2-10(15)17/h4-5,16H,1-3,6H2,(H2,15,17). The lowest BCUT2D eigenvalue weighted by Crippen LogP contribution is -2.18. The molecule has 1 amide bonds. The van der Waals surface area contributed by atoms with Crippen LogP contribution in [0.15, 0.2) is 12.1 Å². The molecule has 0 aliphatic carbocycles. The Morgan fingerprint density at radius 1 is 1.24 bits per heavy atom. The molecular formula is C11H13F3N2O. The van der Waals surface area contributed by atoms with Gasteiger partial charge in [-0.3, -0.25) is 4.79 Å². The van der Waals surface area contributed by atoms with E-state index in [9.17, 15) is 18.0 Å². The zero-order chi connectivity index (χ0) is 12.8. The first-order valence-corrected chi connectivity index (χ1v) is 5.13. The smallest absolute Gasteiger partial charge is 0.217 e. The summed E-state index contributed by atoms with van der Waals surface area (Å²) in [7, 11) is 0. The molecule has 0 saturated carbocycles. The summed E-state index contributed by atoms with van der Waals surface area (Å²) in [5, 5.41) is 2.87. The number of carbonyl (C=O) groups excluding carboxylic acids is 1. The predicted molar refractivity (Wildman–Crippen MR) is 56.5 cm³/mol. The van der Waals surface area contributed by atoms with Crippen molar-refractivity contribution in [2.75, 3.05) is 6.54 Å². The van der Waals surface area contributed by atoms with Crippen molar-refractivity contribution < 1.29 is 18.0 Å². The Kier molecular flexibility index (Phi) is 4.96. The highest BCUT2D eigenvalue weighted by atomic mass is 19.2. The minimum atomic E-state index is -1.47. The van der Waals surface area contributed by atoms with Gasteiger partial charge in [0.05, 0.1) is 0 Å². The molecule has 0 heterocycles. The monoisotopic (exact) mass is 246 g/mol. The average molecular weight is 246 g/mol. The van der Waals surface area contributed by atoms with Gasteiger partial charge in [-0.15, -0.1) is 0 Å². The van der Waals surface area contributed by atoms with E-state index in [1.54, 1.807) is 0 Å². The number of hydrogen-bond donors (Lipinski definition) is 2. The molecule has 1 rings (SSSR count). The highest BCUT2D eigenvalue weighted by molar-refractivity contribution is 5.73. The SMILES string of the molecule is NC(=O)CCCNCc1cc(F)c(F)c(F)c1. The van der Waals surface area contributed by atoms with Crippen molar-refractivity contribution in [1.82, 2.24) is 5.32 Å². The third kappa shape index (κ3) is 4.44. The Morgan fingerprint density at radius 3 is 2.35 bits per heavy atom. The summed E-state index contributed by atoms with van der Waals surface area (Å²) in [6.07, 6.45) is 0.792. The van der Waals surface area contributed by atoms with Crippen molar-refractivity contribution in [2.45, 2.75) is 19.4 Å². The molecule has 0 saturated heterocycles. The number of hydrogen-bond acceptors (Lipinski definition) is 2. The van der Waals surface area contributed by atoms with Crippen LogP contribution < -0.4 is 11.1 Å². The van der Waals surface area contributed by atoms with E-state index in [4.69, 9.17) is 5.73 Å². The molecule has 0 aliphatic heterocycles. The second-order valence-corrected chi connectivity index (χ2v) is 3.62. The van der Waals surface area contributed by atoms with Crippen LogP contribution in [0.1, 0.15) is 18.4 Å². The van der Waals surface area contributed by atoms with Crippen LogP contribution in [0.5, 0.6) is 0 Å². The van der Waals surface area contributed by atoms with Crippen LogP contribution in [0.2, 0.25) is 0 Å². The summed E-state index contributed by atoms with van der Waals surface area (Å²) < 4.78 is 38.3. The molecule has 0 bridgehead atoms. The number of primary amides is 1. The van der Waals surface area contributed by atoms with Gasteiger partial charge < -0.3 is 11.1 Å². The Hall–Kier alpha value is -1.56. The third-order valence-corrected chi connectivity index (χ3v) is 2.15. The van der Waals surface area contributed by atoms with Gasteiger partial charge in [-0.2, -0.15) is 0 Å². The first-order valence-electron chi connectivity index (χ1n) is 5.13. The minimum absolute atomic E-state index is 0.201. The lowest BCUT2D eigenvalue weighted by atomic mass is 10.2. The van der Waals surface area contributed by atoms with Crippen LogP contribution in [0, 0.1) is 17.5 Å². The van der Waals surface area contributed by atoms with Gasteiger partial charge in [-0.05, 0) is 30.7 Å². The van der Waals surface area contributed by atoms with E-state index >= 15 is 0 Å². The second kappa shape index (κ2) is 6.24. The summed E-state index contributed by atoms with van der Waals surface area (Å²) in [5.74, 6) is -4.29. The number of benzene rings is 1. The highest BCUT2D eigenvalue weighted by Crippen LogP contribution is 2.13. The molecule has 0 unspecified atom stereocenters. The molecule has 0 aromatic heterocycles. The molecular weight excluding hydrogens is 233 g/mol. The lowest BCUT2D eigenvalue weighted by Gasteiger charge is -2.05. The van der Waals surface area contributed by atoms with Crippen molar-refractivity contribution in [3.63, 3.8) is 0 Å². The Morgan fingerprint density at radius 2 is 1.82 bits per heavy atom. The summed E-state index contributed by atoms with van der Waals surface area (Å²) >= 11 is 0. The van der Waals surface area contributed by atoms with Crippen molar-refractivity contribution in [3.8, 4) is 0 Å². The number of rotatable bonds is 6. The molecule has 0 aliphatic rings. The van der Waals surface area contributed by atoms with Gasteiger partial charge >= 0.3 is 0 Å². The average Bonchev–Trinajstić information content (AvgIpc) is 2.25. The van der Waals surface area contributed by atoms with E-state index in [1.165, 1.54) is 0 Å². The number of nitrogens with two attached hydrogens (primary N) is 1. The van der Waals surface area contributed by atoms with Crippen molar-refractivity contribution in [1.29, 1.82) is 0 Å². The summed E-state index contributed by atoms with van der Waals surface area (Å²) in [4.78, 5) is 10.4. The largest absolute Gasteiger partial charge is 0.370 e. The van der Waals surface area contributed by atoms with Gasteiger partial charge in [-0.1, -0.05) is 0 Å². The zero-order valence-corrected chi connectivity index (χ0v) is 9.10. The summed E-state index contributed by atoms with van der Waals surface area (Å²) in [5.41, 5.74) is 5.24. The lowest BCUT2D eigenvalue weighted by molar-refractivity contribution is -0.118. The minimum Gasteiger partial charge on any atom is -0.370 e. The maximum absolute atomic E-state index is 12.8. The fourth-order valence-electron chi connectivity index (χ4n) is 1.33. The molecule has 17 heavy (non-hydrogen) atoms. The Balaban J connectivity index is 2.39. The molecule has 0 fully saturated rings. The molecule has 3 nitrogen and oxygen atoms in total. The fraction of sp³-hybridized carbons (Fsp3) is 0.364. The van der Waals surface area contributed by atoms with Gasteiger partial charge in [-0.25, -0.2) is 13.2 Å². The number of amides is 1. The molecule has 0 spiro atoms. The Bertz CT molecular complexity index is 387. The van der Waals surface area contributed by atoms with Crippen molar-refractivity contribution >= 4 is 5.91 Å². The molecule has 0 radical (unpaired) electrons. The quantitative estimate of drug-likeness (QED) is 0.589. The van der Waals surface area contributed by atoms with Gasteiger partial charge in [0, 0.05) is 13.0 Å². The zero-order valence-electron chi connectivity index (χ0n) is 9.10. The number of halogens is 3. The van der Waals surface area contributed by atoms with Crippen LogP contribution in [0.3, 0.4) is 0 Å². The predicted octanol–water partition coefficient (Wildman–Crippen LogP) is 1.46. The van der Waals surface area contributed by atoms with Crippen molar-refractivity contribution in [3.05, 3.63) is 35.1 Å². The molecule has 6 heteroatoms. The van der Waals surface area contributed by atoms with E-state index in [-0.39, 0.29) is 13.0 Å².